The SMILES string of the molecule is CC(=O)C(C(C)=O)(C(=O)CC#N)c1ccccc1.[Ni]. The van der Waals surface area contributed by atoms with Crippen LogP contribution >= 0.6 is 0 Å². The molecule has 0 aliphatic heterocycles. The molecular weight excluding hydrogens is 289 g/mol. The molecule has 0 fully saturated rings. The van der Waals surface area contributed by atoms with Gasteiger partial charge < -0.3 is 0 Å². The second-order valence-electron chi connectivity index (χ2n) is 3.99. The van der Waals surface area contributed by atoms with Crippen molar-refractivity contribution in [1.82, 2.24) is 0 Å². The van der Waals surface area contributed by atoms with Gasteiger partial charge in [0.1, 0.15) is 0 Å². The molecule has 0 aliphatic carbocycles. The van der Waals surface area contributed by atoms with Crippen molar-refractivity contribution in [3.63, 3.8) is 0 Å². The minimum atomic E-state index is -1.84. The van der Waals surface area contributed by atoms with Gasteiger partial charge in [0, 0.05) is 16.5 Å². The zero-order valence-electron chi connectivity index (χ0n) is 10.6. The summed E-state index contributed by atoms with van der Waals surface area (Å²) in [7, 11) is 0. The van der Waals surface area contributed by atoms with Crippen LogP contribution in [0.2, 0.25) is 0 Å². The van der Waals surface area contributed by atoms with E-state index < -0.39 is 29.2 Å². The molecule has 102 valence electrons. The smallest absolute Gasteiger partial charge is 0.172 e. The van der Waals surface area contributed by atoms with Crippen LogP contribution in [0.15, 0.2) is 30.3 Å². The molecule has 0 atom stereocenters. The monoisotopic (exact) mass is 301 g/mol. The molecule has 19 heavy (non-hydrogen) atoms. The van der Waals surface area contributed by atoms with Gasteiger partial charge in [0.15, 0.2) is 22.8 Å². The maximum atomic E-state index is 12.1. The average molecular weight is 302 g/mol. The van der Waals surface area contributed by atoms with E-state index in [4.69, 9.17) is 5.26 Å². The Morgan fingerprint density at radius 2 is 1.58 bits per heavy atom. The van der Waals surface area contributed by atoms with Crippen LogP contribution < -0.4 is 0 Å². The van der Waals surface area contributed by atoms with E-state index in [1.807, 2.05) is 0 Å². The molecule has 0 spiro atoms. The summed E-state index contributed by atoms with van der Waals surface area (Å²) in [5.74, 6) is -1.78. The van der Waals surface area contributed by atoms with Gasteiger partial charge in [0.05, 0.1) is 12.5 Å². The summed E-state index contributed by atoms with van der Waals surface area (Å²) in [6, 6.07) is 9.83. The Kier molecular flexibility index (Phi) is 6.31. The first-order valence-electron chi connectivity index (χ1n) is 5.45. The van der Waals surface area contributed by atoms with Crippen molar-refractivity contribution >= 4 is 17.3 Å². The fraction of sp³-hybridized carbons (Fsp3) is 0.286. The predicted octanol–water partition coefficient (Wildman–Crippen LogP) is 1.58. The number of benzene rings is 1. The van der Waals surface area contributed by atoms with Crippen molar-refractivity contribution in [1.29, 1.82) is 5.26 Å². The first-order valence-corrected chi connectivity index (χ1v) is 5.45. The van der Waals surface area contributed by atoms with Gasteiger partial charge in [-0.25, -0.2) is 0 Å². The molecule has 0 radical (unpaired) electrons. The fourth-order valence-electron chi connectivity index (χ4n) is 2.10. The third-order valence-corrected chi connectivity index (χ3v) is 2.92. The van der Waals surface area contributed by atoms with Crippen LogP contribution in [0, 0.1) is 11.3 Å². The summed E-state index contributed by atoms with van der Waals surface area (Å²) >= 11 is 0. The van der Waals surface area contributed by atoms with Gasteiger partial charge in [-0.3, -0.25) is 14.4 Å². The normalized spacial score (nSPS) is 9.95. The third kappa shape index (κ3) is 2.97. The molecule has 0 saturated carbocycles. The average Bonchev–Trinajstić information content (AvgIpc) is 2.30. The Balaban J connectivity index is 0.00000324. The number of ketones is 3. The number of nitrogens with zero attached hydrogens (tertiary/aromatic N) is 1. The molecule has 1 aromatic rings. The van der Waals surface area contributed by atoms with Crippen LogP contribution in [0.5, 0.6) is 0 Å². The van der Waals surface area contributed by atoms with E-state index in [0.29, 0.717) is 5.56 Å². The van der Waals surface area contributed by atoms with Crippen LogP contribution in [-0.4, -0.2) is 17.3 Å². The molecule has 0 saturated heterocycles. The molecule has 1 rings (SSSR count). The molecule has 0 N–H and O–H groups in total. The predicted molar refractivity (Wildman–Crippen MR) is 64.7 cm³/mol. The fourth-order valence-corrected chi connectivity index (χ4v) is 2.10. The Bertz CT molecular complexity index is 517. The minimum Gasteiger partial charge on any atom is -0.298 e. The molecule has 0 heterocycles. The number of hydrogen-bond donors (Lipinski definition) is 0. The van der Waals surface area contributed by atoms with Crippen molar-refractivity contribution in [2.45, 2.75) is 25.7 Å². The number of carbonyl (C=O) groups is 3. The Morgan fingerprint density at radius 3 is 1.95 bits per heavy atom. The van der Waals surface area contributed by atoms with Crippen LogP contribution in [0.25, 0.3) is 0 Å². The van der Waals surface area contributed by atoms with Gasteiger partial charge in [-0.15, -0.1) is 0 Å². The van der Waals surface area contributed by atoms with E-state index in [2.05, 4.69) is 0 Å². The molecular formula is C14H13NNiO3. The Hall–Kier alpha value is -1.79. The molecule has 0 amide bonds. The van der Waals surface area contributed by atoms with Crippen molar-refractivity contribution < 1.29 is 30.9 Å². The number of nitriles is 1. The first-order chi connectivity index (χ1) is 8.47. The number of hydrogen-bond acceptors (Lipinski definition) is 4. The van der Waals surface area contributed by atoms with Crippen LogP contribution in [0.4, 0.5) is 0 Å². The molecule has 1 aromatic carbocycles. The molecule has 0 aliphatic rings. The van der Waals surface area contributed by atoms with Crippen molar-refractivity contribution in [3.05, 3.63) is 35.9 Å². The zero-order valence-corrected chi connectivity index (χ0v) is 11.6. The molecule has 0 aromatic heterocycles. The quantitative estimate of drug-likeness (QED) is 0.611. The molecule has 0 unspecified atom stereocenters. The van der Waals surface area contributed by atoms with E-state index in [1.165, 1.54) is 13.8 Å². The van der Waals surface area contributed by atoms with Gasteiger partial charge in [-0.1, -0.05) is 30.3 Å². The van der Waals surface area contributed by atoms with E-state index in [-0.39, 0.29) is 16.5 Å². The van der Waals surface area contributed by atoms with Gasteiger partial charge >= 0.3 is 0 Å². The Labute approximate surface area is 121 Å². The van der Waals surface area contributed by atoms with Crippen molar-refractivity contribution in [2.75, 3.05) is 0 Å². The molecule has 4 nitrogen and oxygen atoms in total. The Morgan fingerprint density at radius 1 is 1.11 bits per heavy atom. The third-order valence-electron chi connectivity index (χ3n) is 2.92. The summed E-state index contributed by atoms with van der Waals surface area (Å²) < 4.78 is 0. The van der Waals surface area contributed by atoms with E-state index in [9.17, 15) is 14.4 Å². The number of rotatable bonds is 5. The summed E-state index contributed by atoms with van der Waals surface area (Å²) in [4.78, 5) is 35.8. The largest absolute Gasteiger partial charge is 0.298 e. The minimum absolute atomic E-state index is 0. The van der Waals surface area contributed by atoms with Crippen LogP contribution in [0.1, 0.15) is 25.8 Å². The van der Waals surface area contributed by atoms with Gasteiger partial charge in [0.2, 0.25) is 0 Å². The van der Waals surface area contributed by atoms with E-state index in [1.54, 1.807) is 36.4 Å². The van der Waals surface area contributed by atoms with Crippen molar-refractivity contribution in [2.24, 2.45) is 0 Å². The maximum absolute atomic E-state index is 12.1. The second-order valence-corrected chi connectivity index (χ2v) is 3.99. The van der Waals surface area contributed by atoms with Crippen LogP contribution in [-0.2, 0) is 36.3 Å². The zero-order chi connectivity index (χ0) is 13.8. The first kappa shape index (κ1) is 17.2. The maximum Gasteiger partial charge on any atom is 0.172 e. The standard InChI is InChI=1S/C14H13NO3.Ni/c1-10(16)14(11(2)17,13(18)8-9-15)12-6-4-3-5-7-12;/h3-7H,8H2,1-2H3;. The van der Waals surface area contributed by atoms with Crippen molar-refractivity contribution in [3.8, 4) is 6.07 Å². The summed E-state index contributed by atoms with van der Waals surface area (Å²) in [6.45, 7) is 2.40. The summed E-state index contributed by atoms with van der Waals surface area (Å²) in [6.07, 6.45) is -0.464. The van der Waals surface area contributed by atoms with Gasteiger partial charge in [0.25, 0.3) is 0 Å². The summed E-state index contributed by atoms with van der Waals surface area (Å²) in [5, 5.41) is 8.62. The topological polar surface area (TPSA) is 75.0 Å². The van der Waals surface area contributed by atoms with E-state index in [0.717, 1.165) is 0 Å². The van der Waals surface area contributed by atoms with Gasteiger partial charge in [-0.2, -0.15) is 5.26 Å². The number of carbonyl (C=O) groups excluding carboxylic acids is 3. The molecule has 0 bridgehead atoms. The second kappa shape index (κ2) is 6.96. The van der Waals surface area contributed by atoms with E-state index >= 15 is 0 Å². The van der Waals surface area contributed by atoms with Crippen LogP contribution in [0.3, 0.4) is 0 Å². The van der Waals surface area contributed by atoms with Gasteiger partial charge in [-0.05, 0) is 19.4 Å². The molecule has 5 heteroatoms. The summed E-state index contributed by atoms with van der Waals surface area (Å²) in [5.41, 5.74) is -1.51. The number of Topliss-reactive ketones (excluding diaryl/α,β-unsaturated/α-hetero) is 3.